The minimum absolute atomic E-state index is 0.0449. The number of carbonyl (C=O) groups excluding carboxylic acids is 3. The Morgan fingerprint density at radius 2 is 1.92 bits per heavy atom. The van der Waals surface area contributed by atoms with Crippen molar-refractivity contribution in [3.63, 3.8) is 0 Å². The van der Waals surface area contributed by atoms with E-state index >= 15 is 0 Å². The Morgan fingerprint density at radius 1 is 1.32 bits per heavy atom. The molecule has 2 amide bonds. The van der Waals surface area contributed by atoms with E-state index in [1.165, 1.54) is 11.8 Å². The van der Waals surface area contributed by atoms with Gasteiger partial charge in [-0.2, -0.15) is 5.26 Å². The molecule has 0 radical (unpaired) electrons. The van der Waals surface area contributed by atoms with Gasteiger partial charge in [0.2, 0.25) is 0 Å². The number of hydroxylamine groups is 2. The maximum Gasteiger partial charge on any atom is 0.333 e. The second-order valence-corrected chi connectivity index (χ2v) is 7.82. The number of hydrogen-bond donors (Lipinski definition) is 0. The average molecular weight is 376 g/mol. The van der Waals surface area contributed by atoms with Gasteiger partial charge in [-0.1, -0.05) is 54.3 Å². The molecule has 1 saturated heterocycles. The smallest absolute Gasteiger partial charge is 0.330 e. The van der Waals surface area contributed by atoms with Crippen LogP contribution in [0.25, 0.3) is 0 Å². The van der Waals surface area contributed by atoms with E-state index in [4.69, 9.17) is 17.1 Å². The van der Waals surface area contributed by atoms with Crippen molar-refractivity contribution in [3.05, 3.63) is 35.9 Å². The molecule has 0 bridgehead atoms. The highest BCUT2D eigenvalue weighted by Crippen LogP contribution is 2.33. The third-order valence-electron chi connectivity index (χ3n) is 3.57. The van der Waals surface area contributed by atoms with Gasteiger partial charge in [0.15, 0.2) is 0 Å². The largest absolute Gasteiger partial charge is 0.333 e. The van der Waals surface area contributed by atoms with Crippen LogP contribution >= 0.6 is 24.0 Å². The predicted molar refractivity (Wildman–Crippen MR) is 96.2 cm³/mol. The SMILES string of the molecule is C[C@](C#N)(CCC(=O)ON1C(=O)CCC1=O)SC(=S)c1ccccc1. The van der Waals surface area contributed by atoms with Crippen molar-refractivity contribution in [1.29, 1.82) is 5.26 Å². The quantitative estimate of drug-likeness (QED) is 0.557. The van der Waals surface area contributed by atoms with Gasteiger partial charge in [-0.3, -0.25) is 9.59 Å². The molecule has 0 unspecified atom stereocenters. The fourth-order valence-electron chi connectivity index (χ4n) is 2.11. The highest BCUT2D eigenvalue weighted by atomic mass is 32.2. The van der Waals surface area contributed by atoms with Crippen molar-refractivity contribution in [2.24, 2.45) is 0 Å². The number of amides is 2. The van der Waals surface area contributed by atoms with Crippen LogP contribution in [0.1, 0.15) is 38.2 Å². The molecule has 1 aliphatic heterocycles. The van der Waals surface area contributed by atoms with Crippen molar-refractivity contribution in [2.45, 2.75) is 37.4 Å². The first-order valence-corrected chi connectivity index (χ1v) is 8.83. The summed E-state index contributed by atoms with van der Waals surface area (Å²) in [7, 11) is 0. The van der Waals surface area contributed by atoms with E-state index in [0.717, 1.165) is 5.56 Å². The number of thiocarbonyl (C=S) groups is 1. The number of nitriles is 1. The topological polar surface area (TPSA) is 87.5 Å². The van der Waals surface area contributed by atoms with E-state index in [1.54, 1.807) is 6.92 Å². The van der Waals surface area contributed by atoms with Gasteiger partial charge in [0, 0.05) is 12.8 Å². The first-order chi connectivity index (χ1) is 11.8. The van der Waals surface area contributed by atoms with Gasteiger partial charge in [0.25, 0.3) is 11.8 Å². The Balaban J connectivity index is 1.91. The summed E-state index contributed by atoms with van der Waals surface area (Å²) in [4.78, 5) is 39.6. The summed E-state index contributed by atoms with van der Waals surface area (Å²) >= 11 is 6.56. The summed E-state index contributed by atoms with van der Waals surface area (Å²) in [6.07, 6.45) is 0.161. The number of thioether (sulfide) groups is 1. The normalized spacial score (nSPS) is 16.2. The van der Waals surface area contributed by atoms with Crippen molar-refractivity contribution in [2.75, 3.05) is 0 Å². The number of rotatable bonds is 6. The molecule has 8 heteroatoms. The monoisotopic (exact) mass is 376 g/mol. The lowest BCUT2D eigenvalue weighted by Crippen LogP contribution is -2.32. The molecule has 1 heterocycles. The van der Waals surface area contributed by atoms with E-state index in [-0.39, 0.29) is 25.7 Å². The highest BCUT2D eigenvalue weighted by molar-refractivity contribution is 8.24. The number of benzene rings is 1. The predicted octanol–water partition coefficient (Wildman–Crippen LogP) is 2.76. The van der Waals surface area contributed by atoms with Crippen molar-refractivity contribution in [3.8, 4) is 6.07 Å². The number of imide groups is 1. The molecule has 2 rings (SSSR count). The van der Waals surface area contributed by atoms with Gasteiger partial charge in [0.1, 0.15) is 4.75 Å². The van der Waals surface area contributed by atoms with E-state index in [1.807, 2.05) is 30.3 Å². The van der Waals surface area contributed by atoms with Crippen LogP contribution in [0.3, 0.4) is 0 Å². The van der Waals surface area contributed by atoms with Gasteiger partial charge in [-0.05, 0) is 18.9 Å². The summed E-state index contributed by atoms with van der Waals surface area (Å²) in [6.45, 7) is 1.69. The van der Waals surface area contributed by atoms with Crippen molar-refractivity contribution in [1.82, 2.24) is 5.06 Å². The lowest BCUT2D eigenvalue weighted by molar-refractivity contribution is -0.197. The number of hydrogen-bond acceptors (Lipinski definition) is 7. The van der Waals surface area contributed by atoms with Gasteiger partial charge >= 0.3 is 5.97 Å². The van der Waals surface area contributed by atoms with Crippen LogP contribution in [-0.4, -0.2) is 31.8 Å². The number of carbonyl (C=O) groups is 3. The summed E-state index contributed by atoms with van der Waals surface area (Å²) in [5, 5.41) is 9.97. The maximum absolute atomic E-state index is 11.9. The molecular formula is C17H16N2O4S2. The Kier molecular flexibility index (Phi) is 6.28. The molecule has 0 spiro atoms. The molecule has 6 nitrogen and oxygen atoms in total. The summed E-state index contributed by atoms with van der Waals surface area (Å²) in [5.74, 6) is -1.78. The lowest BCUT2D eigenvalue weighted by Gasteiger charge is -2.21. The van der Waals surface area contributed by atoms with E-state index in [2.05, 4.69) is 6.07 Å². The Hall–Kier alpha value is -2.24. The highest BCUT2D eigenvalue weighted by Gasteiger charge is 2.34. The fraction of sp³-hybridized carbons (Fsp3) is 0.353. The van der Waals surface area contributed by atoms with Crippen molar-refractivity contribution >= 4 is 46.0 Å². The molecule has 1 aromatic carbocycles. The van der Waals surface area contributed by atoms with Gasteiger partial charge < -0.3 is 4.84 Å². The molecule has 25 heavy (non-hydrogen) atoms. The van der Waals surface area contributed by atoms with Gasteiger partial charge in [-0.25, -0.2) is 4.79 Å². The van der Waals surface area contributed by atoms with E-state index in [0.29, 0.717) is 9.26 Å². The first-order valence-electron chi connectivity index (χ1n) is 7.61. The van der Waals surface area contributed by atoms with Crippen LogP contribution in [0.5, 0.6) is 0 Å². The first kappa shape index (κ1) is 19.1. The second kappa shape index (κ2) is 8.23. The maximum atomic E-state index is 11.9. The van der Waals surface area contributed by atoms with E-state index < -0.39 is 22.5 Å². The minimum atomic E-state index is -0.926. The molecule has 1 atom stereocenters. The van der Waals surface area contributed by atoms with Crippen LogP contribution in [0.2, 0.25) is 0 Å². The molecular weight excluding hydrogens is 360 g/mol. The molecule has 1 aromatic rings. The summed E-state index contributed by atoms with van der Waals surface area (Å²) < 4.78 is -0.367. The Labute approximate surface area is 155 Å². The van der Waals surface area contributed by atoms with Crippen LogP contribution < -0.4 is 0 Å². The summed E-state index contributed by atoms with van der Waals surface area (Å²) in [6, 6.07) is 11.5. The Bertz CT molecular complexity index is 729. The zero-order valence-corrected chi connectivity index (χ0v) is 15.2. The average Bonchev–Trinajstić information content (AvgIpc) is 2.92. The lowest BCUT2D eigenvalue weighted by atomic mass is 10.1. The number of nitrogens with zero attached hydrogens (tertiary/aromatic N) is 2. The minimum Gasteiger partial charge on any atom is -0.330 e. The molecule has 0 aliphatic carbocycles. The molecule has 1 fully saturated rings. The van der Waals surface area contributed by atoms with E-state index in [9.17, 15) is 19.6 Å². The van der Waals surface area contributed by atoms with Crippen molar-refractivity contribution < 1.29 is 19.2 Å². The molecule has 0 aromatic heterocycles. The zero-order valence-electron chi connectivity index (χ0n) is 13.6. The van der Waals surface area contributed by atoms with Crippen LogP contribution in [0, 0.1) is 11.3 Å². The third-order valence-corrected chi connectivity index (χ3v) is 5.22. The van der Waals surface area contributed by atoms with Crippen LogP contribution in [-0.2, 0) is 19.2 Å². The van der Waals surface area contributed by atoms with Gasteiger partial charge in [0.05, 0.1) is 16.7 Å². The van der Waals surface area contributed by atoms with Gasteiger partial charge in [-0.15, -0.1) is 5.06 Å². The second-order valence-electron chi connectivity index (χ2n) is 5.64. The Morgan fingerprint density at radius 3 is 2.48 bits per heavy atom. The molecule has 0 N–H and O–H groups in total. The zero-order chi connectivity index (χ0) is 18.4. The van der Waals surface area contributed by atoms with Crippen LogP contribution in [0.15, 0.2) is 30.3 Å². The van der Waals surface area contributed by atoms with Crippen LogP contribution in [0.4, 0.5) is 0 Å². The third kappa shape index (κ3) is 5.11. The molecule has 130 valence electrons. The fourth-order valence-corrected chi connectivity index (χ4v) is 3.71. The molecule has 0 saturated carbocycles. The summed E-state index contributed by atoms with van der Waals surface area (Å²) in [5.41, 5.74) is 0.833. The standard InChI is InChI=1S/C17H16N2O4S2/c1-17(11-18,25-16(24)12-5-3-2-4-6-12)10-9-15(22)23-19-13(20)7-8-14(19)21/h2-6H,7-10H2,1H3/t17-/m1/s1. The molecule has 1 aliphatic rings.